The van der Waals surface area contributed by atoms with E-state index in [2.05, 4.69) is 9.97 Å². The highest BCUT2D eigenvalue weighted by Crippen LogP contribution is 2.34. The molecule has 0 saturated heterocycles. The number of amides is 1. The number of thiophene rings is 1. The molecule has 0 aliphatic heterocycles. The Kier molecular flexibility index (Phi) is 3.71. The van der Waals surface area contributed by atoms with Gasteiger partial charge < -0.3 is 5.11 Å². The van der Waals surface area contributed by atoms with Crippen LogP contribution < -0.4 is 4.90 Å². The summed E-state index contributed by atoms with van der Waals surface area (Å²) in [7, 11) is 0. The van der Waals surface area contributed by atoms with Crippen molar-refractivity contribution in [2.24, 2.45) is 0 Å². The molecule has 7 heteroatoms. The van der Waals surface area contributed by atoms with Crippen molar-refractivity contribution >= 4 is 39.2 Å². The molecule has 0 unspecified atom stereocenters. The molecule has 2 rings (SSSR count). The van der Waals surface area contributed by atoms with Gasteiger partial charge in [0.15, 0.2) is 0 Å². The van der Waals surface area contributed by atoms with Gasteiger partial charge in [0.1, 0.15) is 23.0 Å². The summed E-state index contributed by atoms with van der Waals surface area (Å²) >= 11 is 1.52. The van der Waals surface area contributed by atoms with E-state index in [1.165, 1.54) is 23.2 Å². The summed E-state index contributed by atoms with van der Waals surface area (Å²) in [4.78, 5) is 34.4. The highest BCUT2D eigenvalue weighted by molar-refractivity contribution is 7.18. The van der Waals surface area contributed by atoms with Crippen LogP contribution in [-0.4, -0.2) is 33.5 Å². The monoisotopic (exact) mass is 293 g/mol. The Labute approximate surface area is 120 Å². The predicted octanol–water partition coefficient (Wildman–Crippen LogP) is 2.05. The van der Waals surface area contributed by atoms with Crippen molar-refractivity contribution in [3.05, 3.63) is 16.3 Å². The van der Waals surface area contributed by atoms with E-state index in [1.54, 1.807) is 6.92 Å². The van der Waals surface area contributed by atoms with Crippen LogP contribution in [0.5, 0.6) is 0 Å². The first-order valence-corrected chi connectivity index (χ1v) is 6.87. The third-order valence-electron chi connectivity index (χ3n) is 3.05. The van der Waals surface area contributed by atoms with Crippen LogP contribution in [-0.2, 0) is 9.59 Å². The SMILES string of the molecule is CC(=O)N(CC(=O)O)c1nc(C)nc2sc(C)c(C)c12. The quantitative estimate of drug-likeness (QED) is 0.936. The molecule has 2 aromatic heterocycles. The van der Waals surface area contributed by atoms with Crippen LogP contribution in [0.4, 0.5) is 5.82 Å². The lowest BCUT2D eigenvalue weighted by Crippen LogP contribution is -2.34. The number of nitrogens with zero attached hydrogens (tertiary/aromatic N) is 3. The first kappa shape index (κ1) is 14.4. The number of rotatable bonds is 3. The number of fused-ring (bicyclic) bond motifs is 1. The second kappa shape index (κ2) is 5.16. The molecule has 0 saturated carbocycles. The minimum absolute atomic E-state index is 0.352. The van der Waals surface area contributed by atoms with Gasteiger partial charge in [-0.05, 0) is 26.3 Å². The molecule has 0 atom stereocenters. The van der Waals surface area contributed by atoms with Gasteiger partial charge in [0.2, 0.25) is 5.91 Å². The summed E-state index contributed by atoms with van der Waals surface area (Å²) in [6, 6.07) is 0. The molecule has 2 aromatic rings. The van der Waals surface area contributed by atoms with Crippen LogP contribution in [0.1, 0.15) is 23.2 Å². The molecule has 20 heavy (non-hydrogen) atoms. The summed E-state index contributed by atoms with van der Waals surface area (Å²) in [5, 5.41) is 9.73. The van der Waals surface area contributed by atoms with Crippen LogP contribution in [0.3, 0.4) is 0 Å². The number of carboxylic acid groups (broad SMARTS) is 1. The van der Waals surface area contributed by atoms with Gasteiger partial charge in [-0.2, -0.15) is 0 Å². The molecule has 1 amide bonds. The molecular formula is C13H15N3O3S. The summed E-state index contributed by atoms with van der Waals surface area (Å²) < 4.78 is 0. The van der Waals surface area contributed by atoms with E-state index in [1.807, 2.05) is 13.8 Å². The zero-order valence-corrected chi connectivity index (χ0v) is 12.5. The molecular weight excluding hydrogens is 278 g/mol. The molecule has 1 N–H and O–H groups in total. The van der Waals surface area contributed by atoms with Crippen LogP contribution in [0.2, 0.25) is 0 Å². The third-order valence-corrected chi connectivity index (χ3v) is 4.15. The summed E-state index contributed by atoms with van der Waals surface area (Å²) in [5.41, 5.74) is 0.983. The molecule has 0 aromatic carbocycles. The minimum atomic E-state index is -1.07. The van der Waals surface area contributed by atoms with E-state index >= 15 is 0 Å². The number of aromatic nitrogens is 2. The second-order valence-electron chi connectivity index (χ2n) is 4.56. The van der Waals surface area contributed by atoms with E-state index in [4.69, 9.17) is 5.11 Å². The van der Waals surface area contributed by atoms with Crippen molar-refractivity contribution in [2.45, 2.75) is 27.7 Å². The molecule has 0 aliphatic carbocycles. The number of carbonyl (C=O) groups excluding carboxylic acids is 1. The minimum Gasteiger partial charge on any atom is -0.480 e. The van der Waals surface area contributed by atoms with Crippen molar-refractivity contribution in [1.82, 2.24) is 9.97 Å². The Hall–Kier alpha value is -2.02. The Morgan fingerprint density at radius 1 is 1.25 bits per heavy atom. The first-order chi connectivity index (χ1) is 9.31. The molecule has 2 heterocycles. The average molecular weight is 293 g/mol. The van der Waals surface area contributed by atoms with Crippen LogP contribution >= 0.6 is 11.3 Å². The zero-order valence-electron chi connectivity index (χ0n) is 11.7. The average Bonchev–Trinajstić information content (AvgIpc) is 2.60. The standard InChI is InChI=1S/C13H15N3O3S/c1-6-7(2)20-13-11(6)12(14-8(3)15-13)16(9(4)17)5-10(18)19/h5H2,1-4H3,(H,18,19). The number of carbonyl (C=O) groups is 2. The van der Waals surface area contributed by atoms with Crippen LogP contribution in [0.15, 0.2) is 0 Å². The number of anilines is 1. The van der Waals surface area contributed by atoms with E-state index in [9.17, 15) is 9.59 Å². The van der Waals surface area contributed by atoms with Crippen LogP contribution in [0.25, 0.3) is 10.2 Å². The summed E-state index contributed by atoms with van der Waals surface area (Å²) in [6.07, 6.45) is 0. The lowest BCUT2D eigenvalue weighted by atomic mass is 10.2. The fourth-order valence-electron chi connectivity index (χ4n) is 2.00. The molecule has 0 spiro atoms. The van der Waals surface area contributed by atoms with E-state index in [-0.39, 0.29) is 5.91 Å². The van der Waals surface area contributed by atoms with Crippen molar-refractivity contribution in [3.63, 3.8) is 0 Å². The van der Waals surface area contributed by atoms with Gasteiger partial charge in [-0.3, -0.25) is 14.5 Å². The van der Waals surface area contributed by atoms with Gasteiger partial charge >= 0.3 is 5.97 Å². The van der Waals surface area contributed by atoms with Gasteiger partial charge in [0, 0.05) is 11.8 Å². The number of aryl methyl sites for hydroxylation is 3. The van der Waals surface area contributed by atoms with Crippen molar-refractivity contribution in [3.8, 4) is 0 Å². The maximum Gasteiger partial charge on any atom is 0.323 e. The fourth-order valence-corrected chi connectivity index (χ4v) is 3.07. The fraction of sp³-hybridized carbons (Fsp3) is 0.385. The highest BCUT2D eigenvalue weighted by Gasteiger charge is 2.22. The summed E-state index contributed by atoms with van der Waals surface area (Å²) in [6.45, 7) is 6.55. The maximum absolute atomic E-state index is 11.8. The first-order valence-electron chi connectivity index (χ1n) is 6.05. The highest BCUT2D eigenvalue weighted by atomic mass is 32.1. The van der Waals surface area contributed by atoms with E-state index in [0.717, 1.165) is 20.7 Å². The zero-order chi connectivity index (χ0) is 15.0. The molecule has 106 valence electrons. The smallest absolute Gasteiger partial charge is 0.323 e. The van der Waals surface area contributed by atoms with Gasteiger partial charge in [-0.15, -0.1) is 11.3 Å². The Bertz CT molecular complexity index is 708. The number of hydrogen-bond acceptors (Lipinski definition) is 5. The Morgan fingerprint density at radius 2 is 1.90 bits per heavy atom. The number of carboxylic acids is 1. The van der Waals surface area contributed by atoms with Crippen molar-refractivity contribution < 1.29 is 14.7 Å². The molecule has 0 radical (unpaired) electrons. The third kappa shape index (κ3) is 2.49. The molecule has 6 nitrogen and oxygen atoms in total. The molecule has 0 bridgehead atoms. The Balaban J connectivity index is 2.73. The summed E-state index contributed by atoms with van der Waals surface area (Å²) in [5.74, 6) is -0.529. The lowest BCUT2D eigenvalue weighted by Gasteiger charge is -2.19. The Morgan fingerprint density at radius 3 is 2.45 bits per heavy atom. The van der Waals surface area contributed by atoms with E-state index < -0.39 is 12.5 Å². The second-order valence-corrected chi connectivity index (χ2v) is 5.76. The van der Waals surface area contributed by atoms with Crippen molar-refractivity contribution in [2.75, 3.05) is 11.4 Å². The van der Waals surface area contributed by atoms with Gasteiger partial charge in [-0.25, -0.2) is 9.97 Å². The number of aliphatic carboxylic acids is 1. The maximum atomic E-state index is 11.8. The van der Waals surface area contributed by atoms with Crippen molar-refractivity contribution in [1.29, 1.82) is 0 Å². The lowest BCUT2D eigenvalue weighted by molar-refractivity contribution is -0.136. The van der Waals surface area contributed by atoms with Gasteiger partial charge in [0.25, 0.3) is 0 Å². The predicted molar refractivity (Wildman–Crippen MR) is 77.3 cm³/mol. The number of hydrogen-bond donors (Lipinski definition) is 1. The topological polar surface area (TPSA) is 83.4 Å². The van der Waals surface area contributed by atoms with Gasteiger partial charge in [0.05, 0.1) is 5.39 Å². The normalized spacial score (nSPS) is 10.8. The molecule has 0 fully saturated rings. The van der Waals surface area contributed by atoms with Gasteiger partial charge in [-0.1, -0.05) is 0 Å². The van der Waals surface area contributed by atoms with E-state index in [0.29, 0.717) is 11.6 Å². The van der Waals surface area contributed by atoms with Crippen LogP contribution in [0, 0.1) is 20.8 Å². The largest absolute Gasteiger partial charge is 0.480 e. The molecule has 0 aliphatic rings.